The zero-order valence-electron chi connectivity index (χ0n) is 10.6. The van der Waals surface area contributed by atoms with Gasteiger partial charge in [0.25, 0.3) is 5.91 Å². The Labute approximate surface area is 115 Å². The normalized spacial score (nSPS) is 9.94. The average molecular weight is 313 g/mol. The molecule has 0 atom stereocenters. The number of carbonyl (C=O) groups is 2. The zero-order valence-corrected chi connectivity index (χ0v) is 12.2. The maximum atomic E-state index is 11.8. The van der Waals surface area contributed by atoms with E-state index >= 15 is 0 Å². The molecule has 1 aromatic rings. The van der Waals surface area contributed by atoms with E-state index in [9.17, 15) is 9.59 Å². The summed E-state index contributed by atoms with van der Waals surface area (Å²) in [5.41, 5.74) is 0.629. The van der Waals surface area contributed by atoms with E-state index in [-0.39, 0.29) is 11.8 Å². The molecule has 0 heterocycles. The Hall–Kier alpha value is -1.36. The first-order chi connectivity index (χ1) is 8.50. The maximum absolute atomic E-state index is 11.8. The second kappa shape index (κ2) is 7.16. The minimum Gasteiger partial charge on any atom is -0.352 e. The number of hydrogen-bond donors (Lipinski definition) is 1. The third kappa shape index (κ3) is 4.87. The summed E-state index contributed by atoms with van der Waals surface area (Å²) in [4.78, 5) is 24.4. The summed E-state index contributed by atoms with van der Waals surface area (Å²) in [6.45, 7) is 2.73. The third-order valence-electron chi connectivity index (χ3n) is 2.58. The summed E-state index contributed by atoms with van der Waals surface area (Å²) in [7, 11) is 1.75. The molecule has 0 aliphatic heterocycles. The number of rotatable bonds is 5. The molecule has 1 N–H and O–H groups in total. The maximum Gasteiger partial charge on any atom is 0.251 e. The molecule has 0 saturated heterocycles. The van der Waals surface area contributed by atoms with Crippen LogP contribution >= 0.6 is 15.9 Å². The molecule has 0 aliphatic carbocycles. The van der Waals surface area contributed by atoms with Crippen molar-refractivity contribution in [1.29, 1.82) is 0 Å². The molecular weight excluding hydrogens is 296 g/mol. The molecule has 4 nitrogen and oxygen atoms in total. The Bertz CT molecular complexity index is 435. The van der Waals surface area contributed by atoms with Gasteiger partial charge in [-0.15, -0.1) is 0 Å². The van der Waals surface area contributed by atoms with Crippen LogP contribution in [-0.4, -0.2) is 36.9 Å². The molecule has 0 radical (unpaired) electrons. The van der Waals surface area contributed by atoms with Crippen molar-refractivity contribution in [1.82, 2.24) is 10.2 Å². The Kier molecular flexibility index (Phi) is 5.85. The largest absolute Gasteiger partial charge is 0.352 e. The minimum absolute atomic E-state index is 0.0355. The highest BCUT2D eigenvalue weighted by Gasteiger charge is 2.05. The van der Waals surface area contributed by atoms with Gasteiger partial charge in [-0.05, 0) is 24.6 Å². The van der Waals surface area contributed by atoms with Crippen molar-refractivity contribution in [2.75, 3.05) is 20.1 Å². The van der Waals surface area contributed by atoms with Crippen LogP contribution in [0.25, 0.3) is 0 Å². The van der Waals surface area contributed by atoms with Gasteiger partial charge in [0, 0.05) is 37.1 Å². The van der Waals surface area contributed by atoms with Crippen molar-refractivity contribution < 1.29 is 9.59 Å². The standard InChI is InChI=1S/C13H17BrN2O2/c1-10(17)16(2)8-4-7-15-13(18)11-5-3-6-12(14)9-11/h3,5-6,9H,4,7-8H2,1-2H3,(H,15,18). The predicted molar refractivity (Wildman–Crippen MR) is 74.4 cm³/mol. The number of nitrogens with zero attached hydrogens (tertiary/aromatic N) is 1. The highest BCUT2D eigenvalue weighted by atomic mass is 79.9. The van der Waals surface area contributed by atoms with Gasteiger partial charge in [-0.3, -0.25) is 9.59 Å². The van der Waals surface area contributed by atoms with Crippen LogP contribution in [0.3, 0.4) is 0 Å². The van der Waals surface area contributed by atoms with Crippen molar-refractivity contribution in [3.05, 3.63) is 34.3 Å². The van der Waals surface area contributed by atoms with Crippen LogP contribution in [0.2, 0.25) is 0 Å². The second-order valence-corrected chi connectivity index (χ2v) is 4.98. The Morgan fingerprint density at radius 1 is 1.39 bits per heavy atom. The number of benzene rings is 1. The summed E-state index contributed by atoms with van der Waals surface area (Å²) in [6.07, 6.45) is 0.746. The highest BCUT2D eigenvalue weighted by Crippen LogP contribution is 2.11. The second-order valence-electron chi connectivity index (χ2n) is 4.06. The summed E-state index contributed by atoms with van der Waals surface area (Å²) in [6, 6.07) is 7.24. The van der Waals surface area contributed by atoms with Gasteiger partial charge >= 0.3 is 0 Å². The molecule has 0 bridgehead atoms. The van der Waals surface area contributed by atoms with E-state index in [0.29, 0.717) is 18.7 Å². The molecule has 0 saturated carbocycles. The van der Waals surface area contributed by atoms with Crippen molar-refractivity contribution >= 4 is 27.7 Å². The van der Waals surface area contributed by atoms with Gasteiger partial charge in [0.05, 0.1) is 0 Å². The molecule has 1 aromatic carbocycles. The monoisotopic (exact) mass is 312 g/mol. The van der Waals surface area contributed by atoms with E-state index in [4.69, 9.17) is 0 Å². The molecule has 1 rings (SSSR count). The molecule has 18 heavy (non-hydrogen) atoms. The van der Waals surface area contributed by atoms with Gasteiger partial charge in [0.2, 0.25) is 5.91 Å². The van der Waals surface area contributed by atoms with Crippen molar-refractivity contribution in [3.8, 4) is 0 Å². The minimum atomic E-state index is -0.0956. The van der Waals surface area contributed by atoms with E-state index in [2.05, 4.69) is 21.2 Å². The molecule has 2 amide bonds. The fourth-order valence-corrected chi connectivity index (χ4v) is 1.81. The van der Waals surface area contributed by atoms with Gasteiger partial charge in [-0.1, -0.05) is 22.0 Å². The lowest BCUT2D eigenvalue weighted by Gasteiger charge is -2.14. The zero-order chi connectivity index (χ0) is 13.5. The number of carbonyl (C=O) groups excluding carboxylic acids is 2. The van der Waals surface area contributed by atoms with E-state index in [1.54, 1.807) is 24.1 Å². The van der Waals surface area contributed by atoms with Crippen LogP contribution in [0, 0.1) is 0 Å². The number of hydrogen-bond acceptors (Lipinski definition) is 2. The highest BCUT2D eigenvalue weighted by molar-refractivity contribution is 9.10. The molecule has 0 spiro atoms. The van der Waals surface area contributed by atoms with Gasteiger partial charge < -0.3 is 10.2 Å². The van der Waals surface area contributed by atoms with Crippen LogP contribution in [0.4, 0.5) is 0 Å². The smallest absolute Gasteiger partial charge is 0.251 e. The Morgan fingerprint density at radius 2 is 2.11 bits per heavy atom. The third-order valence-corrected chi connectivity index (χ3v) is 3.07. The summed E-state index contributed by atoms with van der Waals surface area (Å²) in [5, 5.41) is 2.82. The predicted octanol–water partition coefficient (Wildman–Crippen LogP) is 2.05. The number of halogens is 1. The van der Waals surface area contributed by atoms with Crippen LogP contribution in [0.1, 0.15) is 23.7 Å². The van der Waals surface area contributed by atoms with Crippen LogP contribution in [-0.2, 0) is 4.79 Å². The Balaban J connectivity index is 2.32. The number of amides is 2. The van der Waals surface area contributed by atoms with Gasteiger partial charge in [-0.25, -0.2) is 0 Å². The van der Waals surface area contributed by atoms with Crippen molar-refractivity contribution in [2.45, 2.75) is 13.3 Å². The first-order valence-corrected chi connectivity index (χ1v) is 6.55. The van der Waals surface area contributed by atoms with Crippen LogP contribution in [0.15, 0.2) is 28.7 Å². The number of nitrogens with one attached hydrogen (secondary N) is 1. The fourth-order valence-electron chi connectivity index (χ4n) is 1.41. The summed E-state index contributed by atoms with van der Waals surface area (Å²) in [5.74, 6) is -0.0601. The molecule has 0 unspecified atom stereocenters. The average Bonchev–Trinajstić information content (AvgIpc) is 2.33. The van der Waals surface area contributed by atoms with E-state index in [0.717, 1.165) is 10.9 Å². The van der Waals surface area contributed by atoms with Crippen molar-refractivity contribution in [3.63, 3.8) is 0 Å². The SMILES string of the molecule is CC(=O)N(C)CCCNC(=O)c1cccc(Br)c1. The van der Waals surface area contributed by atoms with E-state index in [1.165, 1.54) is 6.92 Å². The topological polar surface area (TPSA) is 49.4 Å². The summed E-state index contributed by atoms with van der Waals surface area (Å²) < 4.78 is 0.881. The van der Waals surface area contributed by atoms with Crippen molar-refractivity contribution in [2.24, 2.45) is 0 Å². The van der Waals surface area contributed by atoms with Gasteiger partial charge in [0.1, 0.15) is 0 Å². The summed E-state index contributed by atoms with van der Waals surface area (Å²) >= 11 is 3.32. The molecule has 0 aromatic heterocycles. The lowest BCUT2D eigenvalue weighted by atomic mass is 10.2. The quantitative estimate of drug-likeness (QED) is 0.846. The van der Waals surface area contributed by atoms with E-state index in [1.807, 2.05) is 12.1 Å². The van der Waals surface area contributed by atoms with Crippen LogP contribution in [0.5, 0.6) is 0 Å². The molecular formula is C13H17BrN2O2. The molecule has 0 aliphatic rings. The molecule has 98 valence electrons. The van der Waals surface area contributed by atoms with Gasteiger partial charge in [0.15, 0.2) is 0 Å². The lowest BCUT2D eigenvalue weighted by molar-refractivity contribution is -0.127. The fraction of sp³-hybridized carbons (Fsp3) is 0.385. The van der Waals surface area contributed by atoms with E-state index < -0.39 is 0 Å². The Morgan fingerprint density at radius 3 is 2.72 bits per heavy atom. The van der Waals surface area contributed by atoms with Gasteiger partial charge in [-0.2, -0.15) is 0 Å². The van der Waals surface area contributed by atoms with Crippen LogP contribution < -0.4 is 5.32 Å². The molecule has 0 fully saturated rings. The lowest BCUT2D eigenvalue weighted by Crippen LogP contribution is -2.30. The molecule has 5 heteroatoms. The first-order valence-electron chi connectivity index (χ1n) is 5.76. The first kappa shape index (κ1) is 14.7.